The number of hydrogen-bond donors (Lipinski definition) is 1. The molecule has 0 saturated heterocycles. The van der Waals surface area contributed by atoms with Crippen LogP contribution in [-0.2, 0) is 6.42 Å². The van der Waals surface area contributed by atoms with Crippen LogP contribution in [0.4, 0.5) is 11.4 Å². The van der Waals surface area contributed by atoms with Gasteiger partial charge in [-0.2, -0.15) is 0 Å². The Labute approximate surface area is 154 Å². The number of rotatable bonds is 13. The van der Waals surface area contributed by atoms with E-state index in [-0.39, 0.29) is 0 Å². The van der Waals surface area contributed by atoms with Crippen molar-refractivity contribution in [1.82, 2.24) is 0 Å². The maximum absolute atomic E-state index is 3.48. The Balaban J connectivity index is 1.58. The zero-order valence-electron chi connectivity index (χ0n) is 16.0. The number of hydrogen-bond acceptors (Lipinski definition) is 1. The van der Waals surface area contributed by atoms with Gasteiger partial charge in [0.25, 0.3) is 0 Å². The molecule has 136 valence electrons. The Bertz CT molecular complexity index is 561. The first-order valence-electron chi connectivity index (χ1n) is 10.3. The summed E-state index contributed by atoms with van der Waals surface area (Å²) >= 11 is 0. The zero-order valence-corrected chi connectivity index (χ0v) is 16.0. The fourth-order valence-corrected chi connectivity index (χ4v) is 3.31. The van der Waals surface area contributed by atoms with E-state index in [1.54, 1.807) is 0 Å². The Morgan fingerprint density at radius 3 is 1.88 bits per heavy atom. The van der Waals surface area contributed by atoms with Crippen LogP contribution in [0, 0.1) is 0 Å². The molecule has 0 spiro atoms. The molecule has 0 radical (unpaired) electrons. The molecular weight excluding hydrogens is 302 g/mol. The lowest BCUT2D eigenvalue weighted by Crippen LogP contribution is -1.92. The summed E-state index contributed by atoms with van der Waals surface area (Å²) in [6.07, 6.45) is 15.2. The first kappa shape index (κ1) is 19.6. The number of para-hydroxylation sites is 1. The monoisotopic (exact) mass is 337 g/mol. The zero-order chi connectivity index (χ0) is 17.6. The van der Waals surface area contributed by atoms with Crippen molar-refractivity contribution in [2.45, 2.75) is 77.6 Å². The Hall–Kier alpha value is -1.76. The minimum Gasteiger partial charge on any atom is -0.356 e. The molecule has 1 nitrogen and oxygen atoms in total. The van der Waals surface area contributed by atoms with Crippen LogP contribution in [0.2, 0.25) is 0 Å². The topological polar surface area (TPSA) is 12.0 Å². The largest absolute Gasteiger partial charge is 0.356 e. The van der Waals surface area contributed by atoms with Gasteiger partial charge in [-0.3, -0.25) is 0 Å². The van der Waals surface area contributed by atoms with Crippen molar-refractivity contribution >= 4 is 11.4 Å². The van der Waals surface area contributed by atoms with Crippen LogP contribution >= 0.6 is 0 Å². The van der Waals surface area contributed by atoms with Gasteiger partial charge in [0.15, 0.2) is 0 Å². The van der Waals surface area contributed by atoms with Crippen molar-refractivity contribution in [2.24, 2.45) is 0 Å². The minimum absolute atomic E-state index is 1.15. The molecule has 0 aliphatic heterocycles. The highest BCUT2D eigenvalue weighted by Crippen LogP contribution is 2.19. The molecule has 0 atom stereocenters. The maximum Gasteiger partial charge on any atom is 0.0386 e. The second kappa shape index (κ2) is 12.6. The first-order chi connectivity index (χ1) is 12.4. The molecule has 0 fully saturated rings. The number of benzene rings is 2. The van der Waals surface area contributed by atoms with Crippen LogP contribution in [-0.4, -0.2) is 0 Å². The minimum atomic E-state index is 1.15. The van der Waals surface area contributed by atoms with E-state index < -0.39 is 0 Å². The average Bonchev–Trinajstić information content (AvgIpc) is 2.64. The van der Waals surface area contributed by atoms with Gasteiger partial charge in [-0.1, -0.05) is 95.0 Å². The lowest BCUT2D eigenvalue weighted by molar-refractivity contribution is 0.556. The molecule has 25 heavy (non-hydrogen) atoms. The Morgan fingerprint density at radius 2 is 1.20 bits per heavy atom. The second-order valence-electron chi connectivity index (χ2n) is 7.12. The molecule has 1 heteroatoms. The highest BCUT2D eigenvalue weighted by Gasteiger charge is 1.98. The van der Waals surface area contributed by atoms with Crippen LogP contribution in [0.5, 0.6) is 0 Å². The van der Waals surface area contributed by atoms with Gasteiger partial charge in [0.1, 0.15) is 0 Å². The average molecular weight is 338 g/mol. The van der Waals surface area contributed by atoms with Crippen LogP contribution in [0.1, 0.15) is 76.7 Å². The molecule has 0 aliphatic rings. The summed E-state index contributed by atoms with van der Waals surface area (Å²) in [5.41, 5.74) is 3.79. The third-order valence-electron chi connectivity index (χ3n) is 4.81. The van der Waals surface area contributed by atoms with E-state index in [4.69, 9.17) is 0 Å². The standard InChI is InChI=1S/C24H35N/c1-2-3-4-5-6-7-8-9-10-12-16-22-17-15-20-24(21-22)25-23-18-13-11-14-19-23/h11,13-15,17-21,25H,2-10,12,16H2,1H3. The molecule has 2 aromatic carbocycles. The van der Waals surface area contributed by atoms with Gasteiger partial charge >= 0.3 is 0 Å². The molecule has 0 heterocycles. The maximum atomic E-state index is 3.48. The van der Waals surface area contributed by atoms with Crippen LogP contribution in [0.3, 0.4) is 0 Å². The smallest absolute Gasteiger partial charge is 0.0386 e. The van der Waals surface area contributed by atoms with Crippen molar-refractivity contribution in [3.05, 3.63) is 60.2 Å². The van der Waals surface area contributed by atoms with Crippen molar-refractivity contribution in [2.75, 3.05) is 5.32 Å². The summed E-state index contributed by atoms with van der Waals surface area (Å²) in [4.78, 5) is 0. The molecule has 2 rings (SSSR count). The van der Waals surface area contributed by atoms with E-state index in [2.05, 4.69) is 60.8 Å². The molecule has 2 aromatic rings. The summed E-state index contributed by atoms with van der Waals surface area (Å²) in [7, 11) is 0. The molecule has 1 N–H and O–H groups in total. The quantitative estimate of drug-likeness (QED) is 0.366. The van der Waals surface area contributed by atoms with Gasteiger partial charge < -0.3 is 5.32 Å². The van der Waals surface area contributed by atoms with Gasteiger partial charge in [0, 0.05) is 11.4 Å². The van der Waals surface area contributed by atoms with Gasteiger partial charge in [-0.25, -0.2) is 0 Å². The van der Waals surface area contributed by atoms with Crippen LogP contribution in [0.25, 0.3) is 0 Å². The van der Waals surface area contributed by atoms with Crippen molar-refractivity contribution in [3.8, 4) is 0 Å². The molecule has 0 bridgehead atoms. The molecular formula is C24H35N. The van der Waals surface area contributed by atoms with E-state index in [1.165, 1.54) is 81.9 Å². The molecule has 0 unspecified atom stereocenters. The summed E-state index contributed by atoms with van der Waals surface area (Å²) in [6, 6.07) is 19.2. The summed E-state index contributed by atoms with van der Waals surface area (Å²) < 4.78 is 0. The van der Waals surface area contributed by atoms with Crippen molar-refractivity contribution in [3.63, 3.8) is 0 Å². The lowest BCUT2D eigenvalue weighted by atomic mass is 10.0. The van der Waals surface area contributed by atoms with Crippen LogP contribution in [0.15, 0.2) is 54.6 Å². The van der Waals surface area contributed by atoms with Gasteiger partial charge in [-0.05, 0) is 42.7 Å². The highest BCUT2D eigenvalue weighted by atomic mass is 14.9. The Kier molecular flexibility index (Phi) is 9.84. The van der Waals surface area contributed by atoms with E-state index >= 15 is 0 Å². The molecule has 0 aliphatic carbocycles. The third-order valence-corrected chi connectivity index (χ3v) is 4.81. The van der Waals surface area contributed by atoms with Gasteiger partial charge in [0.05, 0.1) is 0 Å². The Morgan fingerprint density at radius 1 is 0.600 bits per heavy atom. The lowest BCUT2D eigenvalue weighted by Gasteiger charge is -2.08. The number of nitrogens with one attached hydrogen (secondary N) is 1. The predicted octanol–water partition coefficient (Wildman–Crippen LogP) is 7.89. The van der Waals surface area contributed by atoms with Crippen molar-refractivity contribution < 1.29 is 0 Å². The van der Waals surface area contributed by atoms with E-state index in [0.717, 1.165) is 5.69 Å². The first-order valence-corrected chi connectivity index (χ1v) is 10.3. The van der Waals surface area contributed by atoms with E-state index in [1.807, 2.05) is 6.07 Å². The fraction of sp³-hybridized carbons (Fsp3) is 0.500. The molecule has 0 aromatic heterocycles. The summed E-state index contributed by atoms with van der Waals surface area (Å²) in [5, 5.41) is 3.48. The second-order valence-corrected chi connectivity index (χ2v) is 7.12. The van der Waals surface area contributed by atoms with E-state index in [0.29, 0.717) is 0 Å². The highest BCUT2D eigenvalue weighted by molar-refractivity contribution is 5.59. The SMILES string of the molecule is CCCCCCCCCCCCc1cccc(Nc2ccccc2)c1. The normalized spacial score (nSPS) is 10.8. The van der Waals surface area contributed by atoms with Crippen LogP contribution < -0.4 is 5.32 Å². The fourth-order valence-electron chi connectivity index (χ4n) is 3.31. The number of aryl methyl sites for hydroxylation is 1. The van der Waals surface area contributed by atoms with Gasteiger partial charge in [0.2, 0.25) is 0 Å². The number of anilines is 2. The summed E-state index contributed by atoms with van der Waals surface area (Å²) in [5.74, 6) is 0. The van der Waals surface area contributed by atoms with Gasteiger partial charge in [-0.15, -0.1) is 0 Å². The molecule has 0 amide bonds. The summed E-state index contributed by atoms with van der Waals surface area (Å²) in [6.45, 7) is 2.29. The number of unbranched alkanes of at least 4 members (excludes halogenated alkanes) is 9. The van der Waals surface area contributed by atoms with Crippen molar-refractivity contribution in [1.29, 1.82) is 0 Å². The third kappa shape index (κ3) is 8.77. The predicted molar refractivity (Wildman–Crippen MR) is 112 cm³/mol. The molecule has 0 saturated carbocycles. The van der Waals surface area contributed by atoms with E-state index in [9.17, 15) is 0 Å².